The lowest BCUT2D eigenvalue weighted by atomic mass is 9.89. The molecule has 1 saturated carbocycles. The van der Waals surface area contributed by atoms with Gasteiger partial charge in [-0.05, 0) is 100 Å². The van der Waals surface area contributed by atoms with Crippen molar-refractivity contribution in [3.63, 3.8) is 0 Å². The molecule has 2 aromatic carbocycles. The van der Waals surface area contributed by atoms with Gasteiger partial charge in [0, 0.05) is 22.6 Å². The lowest BCUT2D eigenvalue weighted by molar-refractivity contribution is 0.357. The van der Waals surface area contributed by atoms with Crippen molar-refractivity contribution in [2.75, 3.05) is 17.2 Å². The molecule has 0 radical (unpaired) electrons. The molecule has 0 heterocycles. The minimum Gasteiger partial charge on any atom is -0.506 e. The molecule has 0 amide bonds. The molecule has 1 aliphatic carbocycles. The molecule has 204 valence electrons. The third-order valence-corrected chi connectivity index (χ3v) is 7.62. The van der Waals surface area contributed by atoms with Gasteiger partial charge in [-0.25, -0.2) is 0 Å². The highest BCUT2D eigenvalue weighted by Crippen LogP contribution is 2.38. The van der Waals surface area contributed by atoms with Crippen LogP contribution in [0.5, 0.6) is 11.5 Å². The van der Waals surface area contributed by atoms with Crippen LogP contribution in [0.1, 0.15) is 57.1 Å². The van der Waals surface area contributed by atoms with Gasteiger partial charge in [0.2, 0.25) is 0 Å². The first-order chi connectivity index (χ1) is 17.4. The number of phenolic OH excluding ortho intramolecular Hbond substituents is 2. The molecule has 0 aromatic heterocycles. The van der Waals surface area contributed by atoms with Crippen LogP contribution in [-0.2, 0) is 0 Å². The molecule has 1 fully saturated rings. The van der Waals surface area contributed by atoms with Gasteiger partial charge in [-0.15, -0.1) is 0 Å². The molecular weight excluding hydrogens is 571 g/mol. The summed E-state index contributed by atoms with van der Waals surface area (Å²) < 4.78 is 0. The number of benzene rings is 2. The maximum Gasteiger partial charge on any atom is 0.171 e. The molecule has 0 unspecified atom stereocenters. The maximum absolute atomic E-state index is 10.0. The molecule has 6 nitrogen and oxygen atoms in total. The molecule has 3 rings (SSSR count). The van der Waals surface area contributed by atoms with E-state index in [1.54, 1.807) is 25.1 Å². The predicted octanol–water partition coefficient (Wildman–Crippen LogP) is 7.92. The van der Waals surface area contributed by atoms with E-state index in [0.29, 0.717) is 43.1 Å². The Kier molecular flexibility index (Phi) is 12.8. The Morgan fingerprint density at radius 2 is 1.51 bits per heavy atom. The number of anilines is 2. The monoisotopic (exact) mass is 604 g/mol. The highest BCUT2D eigenvalue weighted by Gasteiger charge is 2.16. The third kappa shape index (κ3) is 10.2. The zero-order valence-corrected chi connectivity index (χ0v) is 25.4. The smallest absolute Gasteiger partial charge is 0.171 e. The van der Waals surface area contributed by atoms with Gasteiger partial charge in [-0.1, -0.05) is 54.1 Å². The number of aromatic hydroxyl groups is 2. The second kappa shape index (κ2) is 15.0. The summed E-state index contributed by atoms with van der Waals surface area (Å²) in [6.45, 7) is 8.41. The zero-order valence-electron chi connectivity index (χ0n) is 21.5. The minimum atomic E-state index is -0.0274. The van der Waals surface area contributed by atoms with Gasteiger partial charge in [0.25, 0.3) is 0 Å². The summed E-state index contributed by atoms with van der Waals surface area (Å²) in [6, 6.07) is 5.12. The summed E-state index contributed by atoms with van der Waals surface area (Å²) >= 11 is 28.4. The van der Waals surface area contributed by atoms with E-state index in [2.05, 4.69) is 21.3 Å². The van der Waals surface area contributed by atoms with Crippen molar-refractivity contribution in [2.45, 2.75) is 65.8 Å². The number of aryl methyl sites for hydroxylation is 1. The van der Waals surface area contributed by atoms with Gasteiger partial charge in [0.1, 0.15) is 5.75 Å². The van der Waals surface area contributed by atoms with E-state index in [-0.39, 0.29) is 22.6 Å². The topological polar surface area (TPSA) is 88.6 Å². The average Bonchev–Trinajstić information content (AvgIpc) is 2.84. The summed E-state index contributed by atoms with van der Waals surface area (Å²) in [5.74, 6) is 0.785. The quantitative estimate of drug-likeness (QED) is 0.151. The Hall–Kier alpha value is -1.71. The first-order valence-corrected chi connectivity index (χ1v) is 14.1. The summed E-state index contributed by atoms with van der Waals surface area (Å²) in [4.78, 5) is 0. The average molecular weight is 606 g/mol. The Balaban J connectivity index is 0.000000271. The summed E-state index contributed by atoms with van der Waals surface area (Å²) in [6.07, 6.45) is 6.45. The molecule has 0 atom stereocenters. The van der Waals surface area contributed by atoms with Crippen LogP contribution < -0.4 is 21.3 Å². The number of halogens is 3. The number of thiocarbonyl (C=S) groups is 2. The van der Waals surface area contributed by atoms with Crippen molar-refractivity contribution in [1.82, 2.24) is 10.6 Å². The van der Waals surface area contributed by atoms with Crippen LogP contribution >= 0.6 is 59.2 Å². The largest absolute Gasteiger partial charge is 0.506 e. The number of phenols is 2. The van der Waals surface area contributed by atoms with Crippen molar-refractivity contribution in [1.29, 1.82) is 0 Å². The Morgan fingerprint density at radius 3 is 2.14 bits per heavy atom. The van der Waals surface area contributed by atoms with E-state index in [1.807, 2.05) is 20.8 Å². The summed E-state index contributed by atoms with van der Waals surface area (Å²) in [5.41, 5.74) is 2.42. The standard InChI is InChI=1S/C15H20Cl2N2OS.C11H15ClN2OS/c1-9-11(16)7-12(14(20)13(9)17)19-15(21)18-8-10-5-3-2-4-6-10;1-6(2)13-11(16)14-9-5-8(12)7(3)4-10(9)15/h7,10,20H,2-6,8H2,1H3,(H2,18,19,21);4-6,15H,1-3H3,(H2,13,14,16). The number of hydrogen-bond donors (Lipinski definition) is 6. The lowest BCUT2D eigenvalue weighted by Crippen LogP contribution is -2.33. The number of nitrogens with one attached hydrogen (secondary N) is 4. The van der Waals surface area contributed by atoms with E-state index in [4.69, 9.17) is 59.2 Å². The van der Waals surface area contributed by atoms with Crippen LogP contribution in [0.3, 0.4) is 0 Å². The van der Waals surface area contributed by atoms with Gasteiger partial charge < -0.3 is 31.5 Å². The Bertz CT molecular complexity index is 1110. The first-order valence-electron chi connectivity index (χ1n) is 12.2. The molecule has 6 N–H and O–H groups in total. The number of rotatable bonds is 5. The number of hydrogen-bond acceptors (Lipinski definition) is 4. The van der Waals surface area contributed by atoms with Crippen molar-refractivity contribution in [3.8, 4) is 11.5 Å². The fourth-order valence-electron chi connectivity index (χ4n) is 3.78. The van der Waals surface area contributed by atoms with E-state index < -0.39 is 0 Å². The van der Waals surface area contributed by atoms with Crippen molar-refractivity contribution in [2.24, 2.45) is 5.92 Å². The summed E-state index contributed by atoms with van der Waals surface area (Å²) in [7, 11) is 0. The Morgan fingerprint density at radius 1 is 0.919 bits per heavy atom. The molecular formula is C26H35Cl3N4O2S2. The van der Waals surface area contributed by atoms with Gasteiger partial charge in [-0.2, -0.15) is 0 Å². The summed E-state index contributed by atoms with van der Waals surface area (Å²) in [5, 5.41) is 34.1. The van der Waals surface area contributed by atoms with Gasteiger partial charge in [0.15, 0.2) is 16.0 Å². The van der Waals surface area contributed by atoms with Crippen molar-refractivity contribution < 1.29 is 10.2 Å². The van der Waals surface area contributed by atoms with Gasteiger partial charge in [-0.3, -0.25) is 0 Å². The van der Waals surface area contributed by atoms with E-state index in [9.17, 15) is 10.2 Å². The van der Waals surface area contributed by atoms with E-state index >= 15 is 0 Å². The van der Waals surface area contributed by atoms with Crippen LogP contribution in [0.4, 0.5) is 11.4 Å². The van der Waals surface area contributed by atoms with Crippen LogP contribution in [0.25, 0.3) is 0 Å². The van der Waals surface area contributed by atoms with Gasteiger partial charge in [0.05, 0.1) is 16.4 Å². The second-order valence-corrected chi connectivity index (χ2v) is 11.4. The molecule has 0 saturated heterocycles. The molecule has 0 aliphatic heterocycles. The minimum absolute atomic E-state index is 0.0274. The van der Waals surface area contributed by atoms with E-state index in [1.165, 1.54) is 32.1 Å². The molecule has 37 heavy (non-hydrogen) atoms. The third-order valence-electron chi connectivity index (χ3n) is 5.89. The second-order valence-electron chi connectivity index (χ2n) is 9.40. The van der Waals surface area contributed by atoms with Crippen molar-refractivity contribution in [3.05, 3.63) is 44.4 Å². The van der Waals surface area contributed by atoms with Gasteiger partial charge >= 0.3 is 0 Å². The van der Waals surface area contributed by atoms with E-state index in [0.717, 1.165) is 12.1 Å². The highest BCUT2D eigenvalue weighted by atomic mass is 35.5. The lowest BCUT2D eigenvalue weighted by Gasteiger charge is -2.22. The van der Waals surface area contributed by atoms with Crippen molar-refractivity contribution >= 4 is 80.8 Å². The molecule has 0 spiro atoms. The van der Waals surface area contributed by atoms with Crippen LogP contribution in [0.15, 0.2) is 18.2 Å². The molecule has 11 heteroatoms. The first kappa shape index (κ1) is 31.5. The fraction of sp³-hybridized carbons (Fsp3) is 0.462. The Labute approximate surface area is 245 Å². The van der Waals surface area contributed by atoms with Crippen LogP contribution in [-0.4, -0.2) is 33.0 Å². The normalized spacial score (nSPS) is 13.4. The van der Waals surface area contributed by atoms with Crippen LogP contribution in [0.2, 0.25) is 15.1 Å². The SMILES string of the molecule is Cc1c(Cl)cc(NC(=S)NCC2CCCCC2)c(O)c1Cl.Cc1cc(O)c(NC(=S)NC(C)C)cc1Cl. The van der Waals surface area contributed by atoms with Crippen LogP contribution in [0, 0.1) is 19.8 Å². The maximum atomic E-state index is 10.0. The molecule has 2 aromatic rings. The predicted molar refractivity (Wildman–Crippen MR) is 166 cm³/mol. The highest BCUT2D eigenvalue weighted by molar-refractivity contribution is 7.80. The fourth-order valence-corrected chi connectivity index (χ4v) is 4.94. The molecule has 1 aliphatic rings. The zero-order chi connectivity index (χ0) is 27.7. The molecule has 0 bridgehead atoms.